The van der Waals surface area contributed by atoms with Gasteiger partial charge in [-0.15, -0.1) is 0 Å². The molecule has 0 radical (unpaired) electrons. The summed E-state index contributed by atoms with van der Waals surface area (Å²) in [6.45, 7) is 0.683. The Morgan fingerprint density at radius 3 is 2.81 bits per heavy atom. The van der Waals surface area contributed by atoms with Gasteiger partial charge in [0, 0.05) is 29.5 Å². The molecule has 5 rings (SSSR count). The molecule has 31 heavy (non-hydrogen) atoms. The van der Waals surface area contributed by atoms with Gasteiger partial charge in [-0.05, 0) is 29.7 Å². The summed E-state index contributed by atoms with van der Waals surface area (Å²) in [4.78, 5) is 17.4. The highest BCUT2D eigenvalue weighted by Crippen LogP contribution is 2.47. The maximum atomic E-state index is 14.8. The number of aliphatic hydroxyl groups excluding tert-OH is 1. The molecule has 0 spiro atoms. The van der Waals surface area contributed by atoms with E-state index in [4.69, 9.17) is 11.6 Å². The fourth-order valence-corrected chi connectivity index (χ4v) is 5.08. The average molecular weight is 439 g/mol. The second-order valence-electron chi connectivity index (χ2n) is 7.82. The third-order valence-electron chi connectivity index (χ3n) is 6.13. The smallest absolute Gasteiger partial charge is 0.164 e. The molecule has 0 fully saturated rings. The van der Waals surface area contributed by atoms with E-state index in [9.17, 15) is 14.3 Å². The van der Waals surface area contributed by atoms with Crippen LogP contribution < -0.4 is 5.32 Å². The van der Waals surface area contributed by atoms with Gasteiger partial charge in [0.05, 0.1) is 11.6 Å². The third kappa shape index (κ3) is 3.34. The second-order valence-corrected chi connectivity index (χ2v) is 8.23. The molecule has 3 aromatic rings. The van der Waals surface area contributed by atoms with Crippen LogP contribution in [0.15, 0.2) is 66.5 Å². The summed E-state index contributed by atoms with van der Waals surface area (Å²) in [6, 6.07) is 11.0. The van der Waals surface area contributed by atoms with Crippen molar-refractivity contribution in [2.24, 2.45) is 0 Å². The number of carbonyl (C=O) groups is 1. The molecule has 2 N–H and O–H groups in total. The molecule has 1 aliphatic heterocycles. The van der Waals surface area contributed by atoms with Gasteiger partial charge in [0.25, 0.3) is 0 Å². The van der Waals surface area contributed by atoms with E-state index in [-0.39, 0.29) is 34.1 Å². The first-order chi connectivity index (χ1) is 15.1. The van der Waals surface area contributed by atoms with Gasteiger partial charge in [0.15, 0.2) is 5.78 Å². The summed E-state index contributed by atoms with van der Waals surface area (Å²) in [6.07, 6.45) is 3.63. The lowest BCUT2D eigenvalue weighted by atomic mass is 9.75. The summed E-state index contributed by atoms with van der Waals surface area (Å²) >= 11 is 6.33. The number of nitrogens with one attached hydrogen (secondary N) is 1. The number of hydrogen-bond donors (Lipinski definition) is 2. The second kappa shape index (κ2) is 7.90. The van der Waals surface area contributed by atoms with E-state index in [1.165, 1.54) is 29.5 Å². The van der Waals surface area contributed by atoms with Crippen LogP contribution in [0.4, 0.5) is 4.39 Å². The van der Waals surface area contributed by atoms with E-state index >= 15 is 0 Å². The first-order valence-corrected chi connectivity index (χ1v) is 10.5. The van der Waals surface area contributed by atoms with Crippen molar-refractivity contribution >= 4 is 17.4 Å². The topological polar surface area (TPSA) is 80.0 Å². The third-order valence-corrected chi connectivity index (χ3v) is 6.46. The van der Waals surface area contributed by atoms with E-state index in [2.05, 4.69) is 15.4 Å². The summed E-state index contributed by atoms with van der Waals surface area (Å²) in [5.74, 6) is -1.62. The van der Waals surface area contributed by atoms with Gasteiger partial charge >= 0.3 is 0 Å². The van der Waals surface area contributed by atoms with Gasteiger partial charge in [-0.3, -0.25) is 4.79 Å². The van der Waals surface area contributed by atoms with Crippen LogP contribution in [0.1, 0.15) is 41.1 Å². The SMILES string of the molecule is O=C1C[C@H](c2c(F)cccc2Cl)[C@H](n2cncn2)C(O)=C1[C@@H]1NCCc2ccccc21. The lowest BCUT2D eigenvalue weighted by Gasteiger charge is -2.37. The van der Waals surface area contributed by atoms with Gasteiger partial charge in [-0.1, -0.05) is 41.9 Å². The van der Waals surface area contributed by atoms with E-state index in [0.29, 0.717) is 6.54 Å². The number of carbonyl (C=O) groups excluding carboxylic acids is 1. The summed E-state index contributed by atoms with van der Waals surface area (Å²) in [5.41, 5.74) is 2.58. The monoisotopic (exact) mass is 438 g/mol. The van der Waals surface area contributed by atoms with Crippen molar-refractivity contribution in [3.8, 4) is 0 Å². The molecule has 0 saturated heterocycles. The number of Topliss-reactive ketones (excluding diaryl/α,β-unsaturated/α-hetero) is 1. The van der Waals surface area contributed by atoms with Crippen LogP contribution in [-0.4, -0.2) is 32.2 Å². The Bertz CT molecular complexity index is 1160. The van der Waals surface area contributed by atoms with Crippen molar-refractivity contribution in [1.82, 2.24) is 20.1 Å². The molecule has 2 heterocycles. The van der Waals surface area contributed by atoms with Gasteiger partial charge in [0.2, 0.25) is 0 Å². The van der Waals surface area contributed by atoms with Gasteiger partial charge in [-0.25, -0.2) is 14.1 Å². The van der Waals surface area contributed by atoms with Crippen molar-refractivity contribution in [3.05, 3.63) is 94.0 Å². The van der Waals surface area contributed by atoms with Gasteiger partial charge in [-0.2, -0.15) is 5.10 Å². The molecule has 158 valence electrons. The highest BCUT2D eigenvalue weighted by Gasteiger charge is 2.44. The number of allylic oxidation sites excluding steroid dienone is 1. The molecule has 0 bridgehead atoms. The predicted molar refractivity (Wildman–Crippen MR) is 113 cm³/mol. The van der Waals surface area contributed by atoms with Crippen LogP contribution in [0.2, 0.25) is 5.02 Å². The van der Waals surface area contributed by atoms with Crippen LogP contribution in [0.5, 0.6) is 0 Å². The fraction of sp³-hybridized carbons (Fsp3) is 0.261. The number of hydrogen-bond acceptors (Lipinski definition) is 5. The zero-order chi connectivity index (χ0) is 21.5. The molecule has 0 amide bonds. The Morgan fingerprint density at radius 2 is 2.03 bits per heavy atom. The first kappa shape index (κ1) is 19.9. The van der Waals surface area contributed by atoms with Crippen molar-refractivity contribution in [3.63, 3.8) is 0 Å². The van der Waals surface area contributed by atoms with Gasteiger partial charge in [0.1, 0.15) is 30.3 Å². The zero-order valence-corrected chi connectivity index (χ0v) is 17.3. The molecule has 3 atom stereocenters. The molecule has 1 aliphatic carbocycles. The number of ketones is 1. The van der Waals surface area contributed by atoms with Crippen molar-refractivity contribution in [1.29, 1.82) is 0 Å². The number of rotatable bonds is 3. The fourth-order valence-electron chi connectivity index (χ4n) is 4.78. The highest BCUT2D eigenvalue weighted by molar-refractivity contribution is 6.31. The van der Waals surface area contributed by atoms with Crippen LogP contribution in [0, 0.1) is 5.82 Å². The summed E-state index contributed by atoms with van der Waals surface area (Å²) in [7, 11) is 0. The minimum absolute atomic E-state index is 0.00901. The minimum Gasteiger partial charge on any atom is -0.510 e. The van der Waals surface area contributed by atoms with Crippen molar-refractivity contribution in [2.45, 2.75) is 30.8 Å². The number of fused-ring (bicyclic) bond motifs is 1. The lowest BCUT2D eigenvalue weighted by molar-refractivity contribution is -0.117. The number of aromatic nitrogens is 3. The standard InChI is InChI=1S/C23H20ClFN4O2/c24-16-6-3-7-17(25)19(16)15-10-18(30)20(23(31)22(15)29-12-26-11-28-29)21-14-5-2-1-4-13(14)8-9-27-21/h1-7,11-12,15,21-22,27,31H,8-10H2/t15-,21-,22+/m1/s1. The molecule has 2 aromatic carbocycles. The van der Waals surface area contributed by atoms with Crippen LogP contribution in [-0.2, 0) is 11.2 Å². The van der Waals surface area contributed by atoms with Crippen LogP contribution >= 0.6 is 11.6 Å². The Morgan fingerprint density at radius 1 is 1.19 bits per heavy atom. The Hall–Kier alpha value is -3.03. The van der Waals surface area contributed by atoms with E-state index < -0.39 is 23.8 Å². The molecular weight excluding hydrogens is 419 g/mol. The minimum atomic E-state index is -0.805. The van der Waals surface area contributed by atoms with E-state index in [0.717, 1.165) is 17.5 Å². The first-order valence-electron chi connectivity index (χ1n) is 10.1. The van der Waals surface area contributed by atoms with Crippen molar-refractivity contribution < 1.29 is 14.3 Å². The molecular formula is C23H20ClFN4O2. The van der Waals surface area contributed by atoms with E-state index in [1.54, 1.807) is 6.07 Å². The summed E-state index contributed by atoms with van der Waals surface area (Å²) in [5, 5.41) is 19.2. The molecule has 0 saturated carbocycles. The largest absolute Gasteiger partial charge is 0.510 e. The quantitative estimate of drug-likeness (QED) is 0.644. The highest BCUT2D eigenvalue weighted by atomic mass is 35.5. The molecule has 8 heteroatoms. The zero-order valence-electron chi connectivity index (χ0n) is 16.5. The number of aliphatic hydroxyl groups is 1. The Kier molecular flexibility index (Phi) is 5.08. The molecule has 0 unspecified atom stereocenters. The number of nitrogens with zero attached hydrogens (tertiary/aromatic N) is 3. The Labute approximate surface area is 183 Å². The molecule has 6 nitrogen and oxygen atoms in total. The maximum absolute atomic E-state index is 14.8. The number of halogens is 2. The summed E-state index contributed by atoms with van der Waals surface area (Å²) < 4.78 is 16.3. The molecule has 1 aromatic heterocycles. The van der Waals surface area contributed by atoms with Crippen LogP contribution in [0.25, 0.3) is 0 Å². The Balaban J connectivity index is 1.68. The van der Waals surface area contributed by atoms with E-state index in [1.807, 2.05) is 24.3 Å². The predicted octanol–water partition coefficient (Wildman–Crippen LogP) is 4.07. The molecule has 2 aliphatic rings. The van der Waals surface area contributed by atoms with Crippen LogP contribution in [0.3, 0.4) is 0 Å². The normalized spacial score (nSPS) is 23.7. The van der Waals surface area contributed by atoms with Crippen molar-refractivity contribution in [2.75, 3.05) is 6.54 Å². The lowest BCUT2D eigenvalue weighted by Crippen LogP contribution is -2.38. The number of benzene rings is 2. The maximum Gasteiger partial charge on any atom is 0.164 e. The average Bonchev–Trinajstić information content (AvgIpc) is 3.28. The van der Waals surface area contributed by atoms with Gasteiger partial charge < -0.3 is 10.4 Å².